The normalized spacial score (nSPS) is 12.9. The van der Waals surface area contributed by atoms with E-state index in [0.29, 0.717) is 35.9 Å². The number of rotatable bonds is 8. The highest BCUT2D eigenvalue weighted by Gasteiger charge is 2.19. The van der Waals surface area contributed by atoms with Crippen molar-refractivity contribution in [2.24, 2.45) is 0 Å². The van der Waals surface area contributed by atoms with Crippen LogP contribution in [-0.4, -0.2) is 132 Å². The second-order valence-corrected chi connectivity index (χ2v) is 21.9. The number of phenols is 1. The van der Waals surface area contributed by atoms with E-state index in [0.717, 1.165) is 106 Å². The fraction of sp³-hybridized carbons (Fsp3) is 0.227. The van der Waals surface area contributed by atoms with Gasteiger partial charge < -0.3 is 33.9 Å². The number of aromatic hydroxyl groups is 1. The summed E-state index contributed by atoms with van der Waals surface area (Å²) in [7, 11) is 3.00. The number of halogens is 6. The molecule has 2 saturated heterocycles. The molecule has 8 aromatic heterocycles. The molecule has 1 N–H and O–H groups in total. The van der Waals surface area contributed by atoms with E-state index in [1.165, 1.54) is 36.9 Å². The monoisotopic (exact) mass is 1360 g/mol. The van der Waals surface area contributed by atoms with Crippen molar-refractivity contribution in [1.29, 1.82) is 0 Å². The highest BCUT2D eigenvalue weighted by atomic mass is 79.9. The molecular weight excluding hydrogens is 1320 g/mol. The van der Waals surface area contributed by atoms with E-state index in [9.17, 15) is 5.11 Å². The Balaban J connectivity index is 0.000000148. The van der Waals surface area contributed by atoms with Gasteiger partial charge in [0.15, 0.2) is 15.4 Å². The molecule has 29 heteroatoms. The summed E-state index contributed by atoms with van der Waals surface area (Å²) in [5.74, 6) is 2.07. The van der Waals surface area contributed by atoms with Gasteiger partial charge in [0, 0.05) is 84.2 Å². The molecule has 380 valence electrons. The molecule has 0 radical (unpaired) electrons. The first-order chi connectivity index (χ1) is 35.5. The lowest BCUT2D eigenvalue weighted by Crippen LogP contribution is -2.37. The van der Waals surface area contributed by atoms with Crippen LogP contribution >= 0.6 is 132 Å². The van der Waals surface area contributed by atoms with E-state index < -0.39 is 0 Å². The second kappa shape index (κ2) is 29.0. The van der Waals surface area contributed by atoms with Crippen LogP contribution < -0.4 is 19.3 Å². The molecule has 11 rings (SSSR count). The number of phenolic OH excluding ortho intramolecular Hbond substituents is 1. The molecule has 2 aliphatic heterocycles. The lowest BCUT2D eigenvalue weighted by Gasteiger charge is -2.26. The molecule has 19 nitrogen and oxygen atoms in total. The van der Waals surface area contributed by atoms with Crippen LogP contribution in [0.2, 0.25) is 10.6 Å². The van der Waals surface area contributed by atoms with Gasteiger partial charge in [0.2, 0.25) is 28.2 Å². The maximum atomic E-state index is 10.1. The van der Waals surface area contributed by atoms with Gasteiger partial charge in [-0.2, -0.15) is 0 Å². The summed E-state index contributed by atoms with van der Waals surface area (Å²) in [6.45, 7) is 6.06. The number of benzene rings is 1. The third kappa shape index (κ3) is 17.3. The first-order valence-electron chi connectivity index (χ1n) is 21.1. The predicted molar refractivity (Wildman–Crippen MR) is 301 cm³/mol. The molecule has 9 aromatic rings. The second-order valence-electron chi connectivity index (χ2n) is 14.1. The largest absolute Gasteiger partial charge is 0.502 e. The molecule has 0 bridgehead atoms. The fourth-order valence-electron chi connectivity index (χ4n) is 6.04. The maximum absolute atomic E-state index is 10.1. The quantitative estimate of drug-likeness (QED) is 0.140. The zero-order valence-electron chi connectivity index (χ0n) is 38.1. The number of ether oxygens (including phenoxy) is 4. The predicted octanol–water partition coefficient (Wildman–Crippen LogP) is 11.8. The van der Waals surface area contributed by atoms with Crippen LogP contribution in [-0.2, 0) is 9.47 Å². The van der Waals surface area contributed by atoms with Gasteiger partial charge >= 0.3 is 0 Å². The summed E-state index contributed by atoms with van der Waals surface area (Å²) in [6, 6.07) is 10.7. The number of methoxy groups -OCH3 is 2. The van der Waals surface area contributed by atoms with Crippen LogP contribution in [0.25, 0.3) is 43.4 Å². The summed E-state index contributed by atoms with van der Waals surface area (Å²) in [4.78, 5) is 54.5. The Morgan fingerprint density at radius 3 is 1.36 bits per heavy atom. The Labute approximate surface area is 478 Å². The van der Waals surface area contributed by atoms with Gasteiger partial charge in [-0.05, 0) is 123 Å². The van der Waals surface area contributed by atoms with E-state index in [-0.39, 0.29) is 11.0 Å². The number of hydrogen-bond acceptors (Lipinski definition) is 23. The number of aromatic nitrogens is 12. The fourth-order valence-corrected chi connectivity index (χ4v) is 11.2. The van der Waals surface area contributed by atoms with Crippen LogP contribution in [0.4, 0.5) is 11.9 Å². The SMILES string of the molecule is Brc1csc(-c2ccnc(N3CCOCC3)n2)n1.Brc1csc(Br)n1.COc1cc(-c2csc(-c3ccnc(N4CCOCC4)n3)n2)cc(OC)c1O.Clc1nccc(-c2nc(Br)cs2)n1.Clc1ncccn1. The van der Waals surface area contributed by atoms with Gasteiger partial charge in [0.25, 0.3) is 0 Å². The topological polar surface area (TPSA) is 218 Å². The lowest BCUT2D eigenvalue weighted by molar-refractivity contribution is 0.122. The Bertz CT molecular complexity index is 3090. The summed E-state index contributed by atoms with van der Waals surface area (Å²) in [5.41, 5.74) is 3.92. The van der Waals surface area contributed by atoms with Gasteiger partial charge in [-0.3, -0.25) is 0 Å². The third-order valence-electron chi connectivity index (χ3n) is 9.37. The Morgan fingerprint density at radius 1 is 0.521 bits per heavy atom. The Hall–Kier alpha value is -4.52. The van der Waals surface area contributed by atoms with Crippen molar-refractivity contribution >= 4 is 144 Å². The molecule has 0 saturated carbocycles. The molecule has 0 unspecified atom stereocenters. The smallest absolute Gasteiger partial charge is 0.226 e. The number of anilines is 2. The van der Waals surface area contributed by atoms with E-state index in [2.05, 4.69) is 128 Å². The summed E-state index contributed by atoms with van der Waals surface area (Å²) in [5, 5.41) is 20.9. The van der Waals surface area contributed by atoms with Crippen molar-refractivity contribution in [2.75, 3.05) is 76.6 Å². The van der Waals surface area contributed by atoms with Crippen LogP contribution in [0.1, 0.15) is 0 Å². The van der Waals surface area contributed by atoms with E-state index in [4.69, 9.17) is 47.1 Å². The maximum Gasteiger partial charge on any atom is 0.226 e. The highest BCUT2D eigenvalue weighted by Crippen LogP contribution is 2.41. The Morgan fingerprint density at radius 2 is 0.959 bits per heavy atom. The summed E-state index contributed by atoms with van der Waals surface area (Å²) in [6.07, 6.45) is 8.33. The average molecular weight is 1360 g/mol. The Kier molecular flexibility index (Phi) is 22.3. The van der Waals surface area contributed by atoms with E-state index >= 15 is 0 Å². The van der Waals surface area contributed by atoms with E-state index in [1.54, 1.807) is 77.9 Å². The zero-order valence-corrected chi connectivity index (χ0v) is 49.2. The molecule has 0 amide bonds. The molecule has 0 aliphatic carbocycles. The van der Waals surface area contributed by atoms with Crippen LogP contribution in [0.15, 0.2) is 107 Å². The van der Waals surface area contributed by atoms with Crippen molar-refractivity contribution < 1.29 is 24.1 Å². The molecule has 2 aliphatic rings. The van der Waals surface area contributed by atoms with E-state index in [1.807, 2.05) is 33.7 Å². The standard InChI is InChI=1S/C19H20N4O4S.C11H11BrN4OS.C7H3BrClN3S.C4H3ClN2.C3HBr2NS/c1-25-15-9-12(10-16(26-2)17(15)24)14-11-28-18(21-14)13-3-4-20-19(22-13)23-5-7-27-8-6-23;12-9-7-18-10(15-9)8-1-2-13-11(14-8)16-3-5-17-6-4-16;8-5-3-13-6(12-5)4-1-2-10-7(9)11-4;5-4-6-2-1-3-7-4;4-2-1-7-3(5)6-2/h3-4,9-11,24H,5-8H2,1-2H3;1-2,7H,3-6H2;1-3H;1-3H;1H. The molecule has 2 fully saturated rings. The number of morpholine rings is 2. The van der Waals surface area contributed by atoms with Crippen molar-refractivity contribution in [3.8, 4) is 60.6 Å². The average Bonchev–Trinajstić information content (AvgIpc) is 4.27. The van der Waals surface area contributed by atoms with Crippen LogP contribution in [0, 0.1) is 0 Å². The van der Waals surface area contributed by atoms with Gasteiger partial charge in [0.05, 0.1) is 46.3 Å². The number of thiazole rings is 4. The van der Waals surface area contributed by atoms with Crippen molar-refractivity contribution in [1.82, 2.24) is 59.8 Å². The minimum absolute atomic E-state index is 0.0323. The molecular formula is C44H38Br4Cl2N14O5S4. The minimum atomic E-state index is -0.0323. The highest BCUT2D eigenvalue weighted by molar-refractivity contribution is 9.11. The third-order valence-corrected chi connectivity index (χ3v) is 15.8. The van der Waals surface area contributed by atoms with Gasteiger partial charge in [0.1, 0.15) is 45.9 Å². The molecule has 10 heterocycles. The molecule has 73 heavy (non-hydrogen) atoms. The van der Waals surface area contributed by atoms with Crippen LogP contribution in [0.3, 0.4) is 0 Å². The summed E-state index contributed by atoms with van der Waals surface area (Å²) < 4.78 is 24.6. The summed E-state index contributed by atoms with van der Waals surface area (Å²) >= 11 is 30.1. The number of nitrogens with zero attached hydrogens (tertiary/aromatic N) is 14. The van der Waals surface area contributed by atoms with Gasteiger partial charge in [-0.25, -0.2) is 59.8 Å². The molecule has 0 atom stereocenters. The first-order valence-corrected chi connectivity index (χ1v) is 28.5. The molecule has 1 aromatic carbocycles. The minimum Gasteiger partial charge on any atom is -0.502 e. The van der Waals surface area contributed by atoms with Crippen LogP contribution in [0.5, 0.6) is 17.2 Å². The zero-order chi connectivity index (χ0) is 51.5. The van der Waals surface area contributed by atoms with Crippen molar-refractivity contribution in [2.45, 2.75) is 0 Å². The van der Waals surface area contributed by atoms with Crippen molar-refractivity contribution in [3.63, 3.8) is 0 Å². The van der Waals surface area contributed by atoms with Crippen molar-refractivity contribution in [3.05, 3.63) is 117 Å². The first kappa shape index (κ1) is 56.2. The number of hydrogen-bond donors (Lipinski definition) is 1. The van der Waals surface area contributed by atoms with Gasteiger partial charge in [-0.1, -0.05) is 0 Å². The molecule has 0 spiro atoms. The lowest BCUT2D eigenvalue weighted by atomic mass is 10.1. The van der Waals surface area contributed by atoms with Gasteiger partial charge in [-0.15, -0.1) is 45.3 Å².